The van der Waals surface area contributed by atoms with Crippen molar-refractivity contribution in [2.24, 2.45) is 0 Å². The molecule has 1 amide bonds. The van der Waals surface area contributed by atoms with Gasteiger partial charge in [-0.1, -0.05) is 24.3 Å². The third kappa shape index (κ3) is 5.12. The van der Waals surface area contributed by atoms with Crippen molar-refractivity contribution in [3.63, 3.8) is 0 Å². The second-order valence-electron chi connectivity index (χ2n) is 3.59. The first-order chi connectivity index (χ1) is 8.09. The Morgan fingerprint density at radius 2 is 2.00 bits per heavy atom. The van der Waals surface area contributed by atoms with Gasteiger partial charge in [0.1, 0.15) is 13.2 Å². The molecule has 0 aromatic heterocycles. The van der Waals surface area contributed by atoms with Crippen LogP contribution in [0.5, 0.6) is 0 Å². The molecule has 2 N–H and O–H groups in total. The lowest BCUT2D eigenvalue weighted by Crippen LogP contribution is -2.28. The fourth-order valence-electron chi connectivity index (χ4n) is 1.28. The second-order valence-corrected chi connectivity index (χ2v) is 3.59. The van der Waals surface area contributed by atoms with Crippen molar-refractivity contribution in [1.82, 2.24) is 5.32 Å². The first kappa shape index (κ1) is 13.2. The molecule has 17 heavy (non-hydrogen) atoms. The maximum Gasteiger partial charge on any atom is 0.329 e. The van der Waals surface area contributed by atoms with Crippen LogP contribution < -0.4 is 5.32 Å². The Morgan fingerprint density at radius 3 is 2.65 bits per heavy atom. The van der Waals surface area contributed by atoms with E-state index in [9.17, 15) is 9.59 Å². The number of carboxylic acids is 1. The van der Waals surface area contributed by atoms with Gasteiger partial charge in [-0.25, -0.2) is 4.79 Å². The van der Waals surface area contributed by atoms with Gasteiger partial charge in [0.2, 0.25) is 5.91 Å². The standard InChI is InChI=1S/C12H15NO4/c1-9-4-2-3-5-10(9)6-13-11(14)7-17-8-12(15)16/h2-5H,6-8H2,1H3,(H,13,14)(H,15,16). The molecule has 0 unspecified atom stereocenters. The van der Waals surface area contributed by atoms with Crippen molar-refractivity contribution >= 4 is 11.9 Å². The molecule has 0 spiro atoms. The van der Waals surface area contributed by atoms with E-state index in [0.717, 1.165) is 11.1 Å². The lowest BCUT2D eigenvalue weighted by atomic mass is 10.1. The smallest absolute Gasteiger partial charge is 0.329 e. The summed E-state index contributed by atoms with van der Waals surface area (Å²) in [6.07, 6.45) is 0. The van der Waals surface area contributed by atoms with Crippen molar-refractivity contribution in [2.45, 2.75) is 13.5 Å². The molecular weight excluding hydrogens is 222 g/mol. The number of amides is 1. The SMILES string of the molecule is Cc1ccccc1CNC(=O)COCC(=O)O. The van der Waals surface area contributed by atoms with Gasteiger partial charge in [0, 0.05) is 6.54 Å². The van der Waals surface area contributed by atoms with Gasteiger partial charge >= 0.3 is 5.97 Å². The molecule has 0 aliphatic heterocycles. The Bertz CT molecular complexity index is 403. The summed E-state index contributed by atoms with van der Waals surface area (Å²) < 4.78 is 4.66. The Labute approximate surface area is 99.4 Å². The molecule has 0 atom stereocenters. The second kappa shape index (κ2) is 6.65. The highest BCUT2D eigenvalue weighted by Crippen LogP contribution is 2.05. The van der Waals surface area contributed by atoms with E-state index in [4.69, 9.17) is 5.11 Å². The number of aryl methyl sites for hydroxylation is 1. The van der Waals surface area contributed by atoms with Gasteiger partial charge in [0.25, 0.3) is 0 Å². The topological polar surface area (TPSA) is 75.6 Å². The van der Waals surface area contributed by atoms with Gasteiger partial charge in [-0.2, -0.15) is 0 Å². The van der Waals surface area contributed by atoms with Crippen LogP contribution in [0.1, 0.15) is 11.1 Å². The molecule has 0 saturated carbocycles. The maximum absolute atomic E-state index is 11.3. The summed E-state index contributed by atoms with van der Waals surface area (Å²) in [5, 5.41) is 11.0. The lowest BCUT2D eigenvalue weighted by molar-refractivity contribution is -0.143. The number of benzene rings is 1. The van der Waals surface area contributed by atoms with E-state index in [1.807, 2.05) is 31.2 Å². The minimum atomic E-state index is -1.09. The molecule has 0 fully saturated rings. The summed E-state index contributed by atoms with van der Waals surface area (Å²) in [4.78, 5) is 21.4. The highest BCUT2D eigenvalue weighted by Gasteiger charge is 2.04. The van der Waals surface area contributed by atoms with E-state index in [-0.39, 0.29) is 12.5 Å². The van der Waals surface area contributed by atoms with Crippen LogP contribution in [-0.2, 0) is 20.9 Å². The molecule has 92 valence electrons. The highest BCUT2D eigenvalue weighted by atomic mass is 16.5. The van der Waals surface area contributed by atoms with Crippen molar-refractivity contribution in [3.8, 4) is 0 Å². The third-order valence-electron chi connectivity index (χ3n) is 2.20. The number of hydrogen-bond acceptors (Lipinski definition) is 3. The number of carbonyl (C=O) groups is 2. The number of aliphatic carboxylic acids is 1. The van der Waals surface area contributed by atoms with E-state index >= 15 is 0 Å². The van der Waals surface area contributed by atoms with Crippen LogP contribution in [0.15, 0.2) is 24.3 Å². The minimum absolute atomic E-state index is 0.238. The van der Waals surface area contributed by atoms with Crippen LogP contribution in [-0.4, -0.2) is 30.2 Å². The van der Waals surface area contributed by atoms with Crippen molar-refractivity contribution in [3.05, 3.63) is 35.4 Å². The van der Waals surface area contributed by atoms with E-state index in [1.165, 1.54) is 0 Å². The fourth-order valence-corrected chi connectivity index (χ4v) is 1.28. The summed E-state index contributed by atoms with van der Waals surface area (Å²) in [7, 11) is 0. The lowest BCUT2D eigenvalue weighted by Gasteiger charge is -2.07. The van der Waals surface area contributed by atoms with E-state index in [0.29, 0.717) is 6.54 Å². The van der Waals surface area contributed by atoms with Crippen LogP contribution in [0.25, 0.3) is 0 Å². The molecule has 0 aliphatic carbocycles. The molecule has 0 saturated heterocycles. The maximum atomic E-state index is 11.3. The van der Waals surface area contributed by atoms with E-state index < -0.39 is 12.6 Å². The van der Waals surface area contributed by atoms with E-state index in [2.05, 4.69) is 10.1 Å². The van der Waals surface area contributed by atoms with Crippen LogP contribution >= 0.6 is 0 Å². The summed E-state index contributed by atoms with van der Waals surface area (Å²) in [5.74, 6) is -1.41. The summed E-state index contributed by atoms with van der Waals surface area (Å²) in [5.41, 5.74) is 2.12. The van der Waals surface area contributed by atoms with Gasteiger partial charge in [-0.15, -0.1) is 0 Å². The average Bonchev–Trinajstić information content (AvgIpc) is 2.27. The number of carbonyl (C=O) groups excluding carboxylic acids is 1. The van der Waals surface area contributed by atoms with Crippen molar-refractivity contribution in [2.75, 3.05) is 13.2 Å². The zero-order valence-electron chi connectivity index (χ0n) is 9.60. The quantitative estimate of drug-likeness (QED) is 0.764. The minimum Gasteiger partial charge on any atom is -0.480 e. The number of hydrogen-bond donors (Lipinski definition) is 2. The molecule has 5 nitrogen and oxygen atoms in total. The number of rotatable bonds is 6. The van der Waals surface area contributed by atoms with Gasteiger partial charge < -0.3 is 15.2 Å². The predicted octanol–water partition coefficient (Wildman–Crippen LogP) is 0.712. The van der Waals surface area contributed by atoms with Crippen molar-refractivity contribution < 1.29 is 19.4 Å². The molecule has 1 aromatic rings. The van der Waals surface area contributed by atoms with Crippen molar-refractivity contribution in [1.29, 1.82) is 0 Å². The Balaban J connectivity index is 2.29. The third-order valence-corrected chi connectivity index (χ3v) is 2.20. The van der Waals surface area contributed by atoms with Crippen LogP contribution in [0, 0.1) is 6.92 Å². The first-order valence-corrected chi connectivity index (χ1v) is 5.20. The molecule has 1 aromatic carbocycles. The molecule has 1 rings (SSSR count). The zero-order valence-corrected chi connectivity index (χ0v) is 9.60. The molecular formula is C12H15NO4. The average molecular weight is 237 g/mol. The summed E-state index contributed by atoms with van der Waals surface area (Å²) in [6, 6.07) is 7.71. The van der Waals surface area contributed by atoms with E-state index in [1.54, 1.807) is 0 Å². The van der Waals surface area contributed by atoms with Gasteiger partial charge in [0.05, 0.1) is 0 Å². The van der Waals surface area contributed by atoms with Gasteiger partial charge in [-0.05, 0) is 18.1 Å². The Hall–Kier alpha value is -1.88. The Morgan fingerprint density at radius 1 is 1.29 bits per heavy atom. The first-order valence-electron chi connectivity index (χ1n) is 5.20. The Kier molecular flexibility index (Phi) is 5.16. The normalized spacial score (nSPS) is 9.94. The molecule has 0 radical (unpaired) electrons. The van der Waals surface area contributed by atoms with Crippen LogP contribution in [0.3, 0.4) is 0 Å². The molecule has 0 bridgehead atoms. The van der Waals surface area contributed by atoms with Crippen LogP contribution in [0.4, 0.5) is 0 Å². The fraction of sp³-hybridized carbons (Fsp3) is 0.333. The number of ether oxygens (including phenoxy) is 1. The summed E-state index contributed by atoms with van der Waals surface area (Å²) >= 11 is 0. The highest BCUT2D eigenvalue weighted by molar-refractivity contribution is 5.77. The monoisotopic (exact) mass is 237 g/mol. The number of nitrogens with one attached hydrogen (secondary N) is 1. The molecule has 5 heteroatoms. The molecule has 0 heterocycles. The predicted molar refractivity (Wildman–Crippen MR) is 61.5 cm³/mol. The van der Waals surface area contributed by atoms with Crippen LogP contribution in [0.2, 0.25) is 0 Å². The zero-order chi connectivity index (χ0) is 12.7. The number of carboxylic acid groups (broad SMARTS) is 1. The molecule has 0 aliphatic rings. The summed E-state index contributed by atoms with van der Waals surface area (Å²) in [6.45, 7) is 1.68. The van der Waals surface area contributed by atoms with Gasteiger partial charge in [0.15, 0.2) is 0 Å². The largest absolute Gasteiger partial charge is 0.480 e. The van der Waals surface area contributed by atoms with Gasteiger partial charge in [-0.3, -0.25) is 4.79 Å².